The molecule has 0 aromatic heterocycles. The second-order valence-corrected chi connectivity index (χ2v) is 4.22. The SMILES string of the molecule is Cc1cc(N)c(C(=O)c2ccccc2)cc1C. The van der Waals surface area contributed by atoms with Gasteiger partial charge in [0.05, 0.1) is 0 Å². The van der Waals surface area contributed by atoms with E-state index in [0.717, 1.165) is 11.1 Å². The molecule has 86 valence electrons. The first kappa shape index (κ1) is 11.4. The summed E-state index contributed by atoms with van der Waals surface area (Å²) in [5.41, 5.74) is 9.89. The molecule has 2 nitrogen and oxygen atoms in total. The van der Waals surface area contributed by atoms with Gasteiger partial charge in [0.25, 0.3) is 0 Å². The monoisotopic (exact) mass is 225 g/mol. The molecule has 0 spiro atoms. The van der Waals surface area contributed by atoms with E-state index in [2.05, 4.69) is 0 Å². The van der Waals surface area contributed by atoms with Crippen LogP contribution in [0.4, 0.5) is 5.69 Å². The molecule has 0 atom stereocenters. The number of rotatable bonds is 2. The zero-order valence-corrected chi connectivity index (χ0v) is 10.0. The number of aryl methyl sites for hydroxylation is 2. The third-order valence-corrected chi connectivity index (χ3v) is 2.95. The highest BCUT2D eigenvalue weighted by Gasteiger charge is 2.12. The molecule has 2 rings (SSSR count). The Morgan fingerprint density at radius 2 is 1.59 bits per heavy atom. The summed E-state index contributed by atoms with van der Waals surface area (Å²) in [7, 11) is 0. The fourth-order valence-electron chi connectivity index (χ4n) is 1.78. The summed E-state index contributed by atoms with van der Waals surface area (Å²) in [4.78, 5) is 12.3. The normalized spacial score (nSPS) is 10.2. The summed E-state index contributed by atoms with van der Waals surface area (Å²) in [6.45, 7) is 3.97. The van der Waals surface area contributed by atoms with E-state index in [1.165, 1.54) is 0 Å². The Kier molecular flexibility index (Phi) is 2.96. The van der Waals surface area contributed by atoms with Gasteiger partial charge in [0.15, 0.2) is 5.78 Å². The van der Waals surface area contributed by atoms with Crippen LogP contribution in [0.1, 0.15) is 27.0 Å². The van der Waals surface area contributed by atoms with Crippen molar-refractivity contribution in [3.63, 3.8) is 0 Å². The average Bonchev–Trinajstić information content (AvgIpc) is 2.34. The first-order chi connectivity index (χ1) is 8.09. The van der Waals surface area contributed by atoms with Crippen LogP contribution in [-0.2, 0) is 0 Å². The second-order valence-electron chi connectivity index (χ2n) is 4.22. The average molecular weight is 225 g/mol. The van der Waals surface area contributed by atoms with Crippen LogP contribution in [0.5, 0.6) is 0 Å². The number of carbonyl (C=O) groups is 1. The Labute approximate surface area is 101 Å². The summed E-state index contributed by atoms with van der Waals surface area (Å²) < 4.78 is 0. The molecule has 0 aliphatic rings. The lowest BCUT2D eigenvalue weighted by atomic mass is 9.97. The first-order valence-electron chi connectivity index (χ1n) is 5.56. The van der Waals surface area contributed by atoms with Crippen molar-refractivity contribution in [2.45, 2.75) is 13.8 Å². The molecule has 2 heteroatoms. The standard InChI is InChI=1S/C15H15NO/c1-10-8-13(14(16)9-11(10)2)15(17)12-6-4-3-5-7-12/h3-9H,16H2,1-2H3. The van der Waals surface area contributed by atoms with Crippen LogP contribution in [0.25, 0.3) is 0 Å². The van der Waals surface area contributed by atoms with Gasteiger partial charge in [-0.1, -0.05) is 30.3 Å². The summed E-state index contributed by atoms with van der Waals surface area (Å²) in [6, 6.07) is 12.9. The molecule has 0 fully saturated rings. The molecule has 2 N–H and O–H groups in total. The number of nitrogen functional groups attached to an aromatic ring is 1. The van der Waals surface area contributed by atoms with Gasteiger partial charge < -0.3 is 5.73 Å². The number of hydrogen-bond donors (Lipinski definition) is 1. The molecule has 0 heterocycles. The maximum atomic E-state index is 12.3. The van der Waals surface area contributed by atoms with E-state index in [-0.39, 0.29) is 5.78 Å². The van der Waals surface area contributed by atoms with Crippen molar-refractivity contribution in [2.24, 2.45) is 0 Å². The molecule has 17 heavy (non-hydrogen) atoms. The number of carbonyl (C=O) groups excluding carboxylic acids is 1. The Morgan fingerprint density at radius 1 is 1.00 bits per heavy atom. The minimum absolute atomic E-state index is 0.0220. The molecule has 0 saturated heterocycles. The zero-order valence-electron chi connectivity index (χ0n) is 10.0. The number of hydrogen-bond acceptors (Lipinski definition) is 2. The van der Waals surface area contributed by atoms with Crippen molar-refractivity contribution in [1.29, 1.82) is 0 Å². The van der Waals surface area contributed by atoms with Gasteiger partial charge in [-0.15, -0.1) is 0 Å². The molecule has 0 aliphatic heterocycles. The van der Waals surface area contributed by atoms with Gasteiger partial charge in [-0.3, -0.25) is 4.79 Å². The van der Waals surface area contributed by atoms with E-state index < -0.39 is 0 Å². The van der Waals surface area contributed by atoms with Crippen molar-refractivity contribution in [2.75, 3.05) is 5.73 Å². The van der Waals surface area contributed by atoms with E-state index in [1.807, 2.05) is 44.2 Å². The minimum atomic E-state index is -0.0220. The Hall–Kier alpha value is -2.09. The predicted molar refractivity (Wildman–Crippen MR) is 70.2 cm³/mol. The van der Waals surface area contributed by atoms with Crippen LogP contribution in [0.15, 0.2) is 42.5 Å². The van der Waals surface area contributed by atoms with Crippen molar-refractivity contribution in [3.05, 3.63) is 64.7 Å². The topological polar surface area (TPSA) is 43.1 Å². The Bertz CT molecular complexity index is 559. The maximum Gasteiger partial charge on any atom is 0.195 e. The predicted octanol–water partition coefficient (Wildman–Crippen LogP) is 3.12. The van der Waals surface area contributed by atoms with Crippen molar-refractivity contribution in [3.8, 4) is 0 Å². The highest BCUT2D eigenvalue weighted by atomic mass is 16.1. The number of benzene rings is 2. The minimum Gasteiger partial charge on any atom is -0.398 e. The molecule has 0 radical (unpaired) electrons. The van der Waals surface area contributed by atoms with Crippen LogP contribution >= 0.6 is 0 Å². The van der Waals surface area contributed by atoms with Crippen LogP contribution in [-0.4, -0.2) is 5.78 Å². The van der Waals surface area contributed by atoms with Crippen LogP contribution in [0.3, 0.4) is 0 Å². The summed E-state index contributed by atoms with van der Waals surface area (Å²) in [5.74, 6) is -0.0220. The zero-order chi connectivity index (χ0) is 12.4. The maximum absolute atomic E-state index is 12.3. The van der Waals surface area contributed by atoms with Gasteiger partial charge >= 0.3 is 0 Å². The molecular weight excluding hydrogens is 210 g/mol. The molecule has 0 bridgehead atoms. The molecule has 2 aromatic carbocycles. The fraction of sp³-hybridized carbons (Fsp3) is 0.133. The summed E-state index contributed by atoms with van der Waals surface area (Å²) in [6.07, 6.45) is 0. The van der Waals surface area contributed by atoms with Gasteiger partial charge in [0, 0.05) is 16.8 Å². The van der Waals surface area contributed by atoms with Crippen LogP contribution in [0, 0.1) is 13.8 Å². The van der Waals surface area contributed by atoms with Gasteiger partial charge in [-0.25, -0.2) is 0 Å². The van der Waals surface area contributed by atoms with E-state index in [4.69, 9.17) is 5.73 Å². The Morgan fingerprint density at radius 3 is 2.24 bits per heavy atom. The summed E-state index contributed by atoms with van der Waals surface area (Å²) >= 11 is 0. The molecule has 2 aromatic rings. The van der Waals surface area contributed by atoms with Crippen molar-refractivity contribution in [1.82, 2.24) is 0 Å². The number of ketones is 1. The molecular formula is C15H15NO. The van der Waals surface area contributed by atoms with E-state index in [9.17, 15) is 4.79 Å². The largest absolute Gasteiger partial charge is 0.398 e. The first-order valence-corrected chi connectivity index (χ1v) is 5.56. The lowest BCUT2D eigenvalue weighted by Crippen LogP contribution is -2.06. The van der Waals surface area contributed by atoms with E-state index in [1.54, 1.807) is 12.1 Å². The van der Waals surface area contributed by atoms with E-state index in [0.29, 0.717) is 16.8 Å². The third-order valence-electron chi connectivity index (χ3n) is 2.95. The molecule has 0 saturated carbocycles. The third kappa shape index (κ3) is 2.21. The second kappa shape index (κ2) is 4.42. The number of nitrogens with two attached hydrogens (primary N) is 1. The quantitative estimate of drug-likeness (QED) is 0.630. The smallest absolute Gasteiger partial charge is 0.195 e. The molecule has 0 unspecified atom stereocenters. The highest BCUT2D eigenvalue weighted by Crippen LogP contribution is 2.21. The van der Waals surface area contributed by atoms with Gasteiger partial charge in [0.2, 0.25) is 0 Å². The lowest BCUT2D eigenvalue weighted by Gasteiger charge is -2.08. The Balaban J connectivity index is 2.48. The van der Waals surface area contributed by atoms with Gasteiger partial charge in [0.1, 0.15) is 0 Å². The lowest BCUT2D eigenvalue weighted by molar-refractivity contribution is 0.103. The molecule has 0 amide bonds. The van der Waals surface area contributed by atoms with Crippen molar-refractivity contribution >= 4 is 11.5 Å². The van der Waals surface area contributed by atoms with Crippen LogP contribution < -0.4 is 5.73 Å². The highest BCUT2D eigenvalue weighted by molar-refractivity contribution is 6.12. The van der Waals surface area contributed by atoms with E-state index >= 15 is 0 Å². The summed E-state index contributed by atoms with van der Waals surface area (Å²) in [5, 5.41) is 0. The van der Waals surface area contributed by atoms with Crippen LogP contribution in [0.2, 0.25) is 0 Å². The van der Waals surface area contributed by atoms with Gasteiger partial charge in [-0.2, -0.15) is 0 Å². The van der Waals surface area contributed by atoms with Crippen molar-refractivity contribution < 1.29 is 4.79 Å². The van der Waals surface area contributed by atoms with Gasteiger partial charge in [-0.05, 0) is 37.1 Å². The number of anilines is 1. The fourth-order valence-corrected chi connectivity index (χ4v) is 1.78. The molecule has 0 aliphatic carbocycles.